The van der Waals surface area contributed by atoms with Crippen LogP contribution in [0.1, 0.15) is 5.82 Å². The fourth-order valence-electron chi connectivity index (χ4n) is 2.92. The quantitative estimate of drug-likeness (QED) is 0.854. The summed E-state index contributed by atoms with van der Waals surface area (Å²) in [5.74, 6) is 3.75. The Morgan fingerprint density at radius 2 is 1.76 bits per heavy atom. The predicted octanol–water partition coefficient (Wildman–Crippen LogP) is 1.48. The fraction of sp³-hybridized carbons (Fsp3) is 0.500. The van der Waals surface area contributed by atoms with Crippen LogP contribution in [-0.2, 0) is 0 Å². The third-order valence-electron chi connectivity index (χ3n) is 4.27. The molecule has 1 fully saturated rings. The van der Waals surface area contributed by atoms with Crippen molar-refractivity contribution >= 4 is 17.5 Å². The van der Waals surface area contributed by atoms with Gasteiger partial charge in [-0.2, -0.15) is 0 Å². The third-order valence-corrected chi connectivity index (χ3v) is 4.27. The molecule has 1 N–H and O–H groups in total. The Balaban J connectivity index is 1.61. The minimum absolute atomic E-state index is 0.803. The third kappa shape index (κ3) is 4.79. The minimum atomic E-state index is 0.803. The van der Waals surface area contributed by atoms with Gasteiger partial charge in [0, 0.05) is 51.5 Å². The monoisotopic (exact) mass is 341 g/mol. The summed E-state index contributed by atoms with van der Waals surface area (Å²) in [5, 5.41) is 3.39. The van der Waals surface area contributed by atoms with Crippen LogP contribution in [0.4, 0.5) is 17.5 Å². The molecule has 0 bridgehead atoms. The number of rotatable bonds is 6. The first kappa shape index (κ1) is 17.4. The molecule has 0 radical (unpaired) electrons. The van der Waals surface area contributed by atoms with Crippen LogP contribution in [-0.4, -0.2) is 73.2 Å². The van der Waals surface area contributed by atoms with Gasteiger partial charge < -0.3 is 20.0 Å². The molecule has 0 saturated carbocycles. The number of hydrogen-bond donors (Lipinski definition) is 1. The Morgan fingerprint density at radius 1 is 1.04 bits per heavy atom. The second-order valence-electron chi connectivity index (χ2n) is 6.55. The van der Waals surface area contributed by atoms with Crippen LogP contribution in [0.25, 0.3) is 0 Å². The van der Waals surface area contributed by atoms with Gasteiger partial charge in [-0.3, -0.25) is 0 Å². The van der Waals surface area contributed by atoms with Crippen LogP contribution in [0.5, 0.6) is 0 Å². The van der Waals surface area contributed by atoms with E-state index in [-0.39, 0.29) is 0 Å². The van der Waals surface area contributed by atoms with Crippen LogP contribution in [0.2, 0.25) is 0 Å². The van der Waals surface area contributed by atoms with Crippen molar-refractivity contribution in [3.63, 3.8) is 0 Å². The molecule has 0 amide bonds. The predicted molar refractivity (Wildman–Crippen MR) is 102 cm³/mol. The maximum absolute atomic E-state index is 4.63. The maximum Gasteiger partial charge on any atom is 0.134 e. The van der Waals surface area contributed by atoms with Gasteiger partial charge in [-0.15, -0.1) is 0 Å². The van der Waals surface area contributed by atoms with E-state index < -0.39 is 0 Å². The highest BCUT2D eigenvalue weighted by Gasteiger charge is 2.19. The van der Waals surface area contributed by atoms with Crippen LogP contribution in [0.15, 0.2) is 30.5 Å². The lowest BCUT2D eigenvalue weighted by Gasteiger charge is -2.36. The number of aryl methyl sites for hydroxylation is 1. The lowest BCUT2D eigenvalue weighted by molar-refractivity contribution is 0.425. The lowest BCUT2D eigenvalue weighted by atomic mass is 10.3. The number of likely N-dealkylation sites (N-methyl/N-ethyl adjacent to an activating group) is 1. The Hall–Kier alpha value is -2.41. The van der Waals surface area contributed by atoms with E-state index in [1.54, 1.807) is 0 Å². The number of pyridine rings is 1. The van der Waals surface area contributed by atoms with Crippen molar-refractivity contribution in [2.45, 2.75) is 6.92 Å². The maximum atomic E-state index is 4.63. The first-order valence-electron chi connectivity index (χ1n) is 8.77. The molecular weight excluding hydrogens is 314 g/mol. The zero-order valence-electron chi connectivity index (χ0n) is 15.3. The second-order valence-corrected chi connectivity index (χ2v) is 6.55. The molecule has 2 aromatic rings. The van der Waals surface area contributed by atoms with Gasteiger partial charge in [-0.25, -0.2) is 15.0 Å². The molecule has 0 spiro atoms. The molecule has 134 valence electrons. The molecule has 3 rings (SSSR count). The van der Waals surface area contributed by atoms with E-state index >= 15 is 0 Å². The fourth-order valence-corrected chi connectivity index (χ4v) is 2.92. The summed E-state index contributed by atoms with van der Waals surface area (Å²) in [6, 6.07) is 8.11. The first-order chi connectivity index (χ1) is 12.1. The average molecular weight is 341 g/mol. The summed E-state index contributed by atoms with van der Waals surface area (Å²) >= 11 is 0. The number of anilines is 3. The van der Waals surface area contributed by atoms with Gasteiger partial charge in [0.05, 0.1) is 0 Å². The number of aromatic nitrogens is 3. The van der Waals surface area contributed by atoms with Gasteiger partial charge in [0.2, 0.25) is 0 Å². The van der Waals surface area contributed by atoms with Crippen LogP contribution in [0.3, 0.4) is 0 Å². The molecule has 1 saturated heterocycles. The van der Waals surface area contributed by atoms with E-state index in [2.05, 4.69) is 61.2 Å². The van der Waals surface area contributed by atoms with Gasteiger partial charge in [-0.05, 0) is 33.2 Å². The number of piperazine rings is 1. The molecule has 1 aliphatic heterocycles. The molecule has 3 heterocycles. The van der Waals surface area contributed by atoms with Crippen molar-refractivity contribution in [3.8, 4) is 0 Å². The number of nitrogens with one attached hydrogen (secondary N) is 1. The first-order valence-corrected chi connectivity index (χ1v) is 8.77. The largest absolute Gasteiger partial charge is 0.369 e. The SMILES string of the molecule is Cc1nc(NCCN(C)C)cc(N2CCN(c3ccccn3)CC2)n1. The molecule has 0 atom stereocenters. The molecule has 7 nitrogen and oxygen atoms in total. The van der Waals surface area contributed by atoms with Gasteiger partial charge in [0.1, 0.15) is 23.3 Å². The molecule has 25 heavy (non-hydrogen) atoms. The van der Waals surface area contributed by atoms with Crippen LogP contribution >= 0.6 is 0 Å². The summed E-state index contributed by atoms with van der Waals surface area (Å²) in [4.78, 5) is 20.4. The second kappa shape index (κ2) is 8.11. The normalized spacial score (nSPS) is 14.9. The zero-order valence-corrected chi connectivity index (χ0v) is 15.3. The molecular formula is C18H27N7. The van der Waals surface area contributed by atoms with Crippen molar-refractivity contribution in [2.75, 3.05) is 68.5 Å². The van der Waals surface area contributed by atoms with Gasteiger partial charge >= 0.3 is 0 Å². The molecule has 0 aliphatic carbocycles. The molecule has 2 aromatic heterocycles. The molecule has 1 aliphatic rings. The van der Waals surface area contributed by atoms with Crippen molar-refractivity contribution < 1.29 is 0 Å². The van der Waals surface area contributed by atoms with Crippen LogP contribution < -0.4 is 15.1 Å². The van der Waals surface area contributed by atoms with Crippen molar-refractivity contribution in [2.24, 2.45) is 0 Å². The number of hydrogen-bond acceptors (Lipinski definition) is 7. The van der Waals surface area contributed by atoms with Gasteiger partial charge in [-0.1, -0.05) is 6.07 Å². The standard InChI is InChI=1S/C18H27N7/c1-15-21-16(19-8-9-23(2)3)14-18(22-15)25-12-10-24(11-13-25)17-6-4-5-7-20-17/h4-7,14H,8-13H2,1-3H3,(H,19,21,22). The van der Waals surface area contributed by atoms with E-state index in [4.69, 9.17) is 0 Å². The highest BCUT2D eigenvalue weighted by atomic mass is 15.3. The highest BCUT2D eigenvalue weighted by molar-refractivity contribution is 5.51. The Labute approximate surface area is 149 Å². The van der Waals surface area contributed by atoms with Crippen molar-refractivity contribution in [1.29, 1.82) is 0 Å². The van der Waals surface area contributed by atoms with E-state index in [0.29, 0.717) is 0 Å². The topological polar surface area (TPSA) is 60.4 Å². The summed E-state index contributed by atoms with van der Waals surface area (Å²) < 4.78 is 0. The summed E-state index contributed by atoms with van der Waals surface area (Å²) in [6.07, 6.45) is 1.85. The van der Waals surface area contributed by atoms with E-state index in [9.17, 15) is 0 Å². The minimum Gasteiger partial charge on any atom is -0.369 e. The highest BCUT2D eigenvalue weighted by Crippen LogP contribution is 2.19. The summed E-state index contributed by atoms with van der Waals surface area (Å²) in [7, 11) is 4.14. The van der Waals surface area contributed by atoms with E-state index in [0.717, 1.165) is 62.5 Å². The lowest BCUT2D eigenvalue weighted by Crippen LogP contribution is -2.47. The van der Waals surface area contributed by atoms with Crippen molar-refractivity contribution in [1.82, 2.24) is 19.9 Å². The van der Waals surface area contributed by atoms with Gasteiger partial charge in [0.25, 0.3) is 0 Å². The summed E-state index contributed by atoms with van der Waals surface area (Å²) in [5.41, 5.74) is 0. The van der Waals surface area contributed by atoms with E-state index in [1.165, 1.54) is 0 Å². The van der Waals surface area contributed by atoms with Crippen molar-refractivity contribution in [3.05, 3.63) is 36.3 Å². The van der Waals surface area contributed by atoms with Crippen LogP contribution in [0, 0.1) is 6.92 Å². The Kier molecular flexibility index (Phi) is 5.65. The molecule has 0 unspecified atom stereocenters. The average Bonchev–Trinajstić information content (AvgIpc) is 2.62. The Morgan fingerprint density at radius 3 is 2.40 bits per heavy atom. The van der Waals surface area contributed by atoms with E-state index in [1.807, 2.05) is 25.3 Å². The smallest absolute Gasteiger partial charge is 0.134 e. The zero-order chi connectivity index (χ0) is 17.6. The number of nitrogens with zero attached hydrogens (tertiary/aromatic N) is 6. The van der Waals surface area contributed by atoms with Gasteiger partial charge in [0.15, 0.2) is 0 Å². The summed E-state index contributed by atoms with van der Waals surface area (Å²) in [6.45, 7) is 7.56. The molecule has 0 aromatic carbocycles. The Bertz CT molecular complexity index is 666. The molecule has 7 heteroatoms.